The summed E-state index contributed by atoms with van der Waals surface area (Å²) in [6.45, 7) is 4.26. The molecule has 0 saturated carbocycles. The zero-order valence-electron chi connectivity index (χ0n) is 12.1. The molecule has 0 bridgehead atoms. The van der Waals surface area contributed by atoms with Crippen LogP contribution in [0.2, 0.25) is 0 Å². The average molecular weight is 276 g/mol. The van der Waals surface area contributed by atoms with Gasteiger partial charge in [-0.25, -0.2) is 9.67 Å². The van der Waals surface area contributed by atoms with E-state index in [9.17, 15) is 5.11 Å². The standard InChI is InChI=1S/C14H20N4O2/c1-14(2,19)10-18-13(16-12(17-18)9-20-3)8-11-4-6-15-7-5-11/h4-7,19H,8-10H2,1-3H3. The molecular weight excluding hydrogens is 256 g/mol. The van der Waals surface area contributed by atoms with E-state index in [0.29, 0.717) is 25.4 Å². The molecule has 6 nitrogen and oxygen atoms in total. The lowest BCUT2D eigenvalue weighted by Gasteiger charge is -2.18. The average Bonchev–Trinajstić information content (AvgIpc) is 2.71. The third-order valence-electron chi connectivity index (χ3n) is 2.71. The van der Waals surface area contributed by atoms with Crippen molar-refractivity contribution in [3.63, 3.8) is 0 Å². The second-order valence-corrected chi connectivity index (χ2v) is 5.38. The molecule has 2 rings (SSSR count). The Kier molecular flexibility index (Phi) is 4.46. The number of nitrogens with zero attached hydrogens (tertiary/aromatic N) is 4. The van der Waals surface area contributed by atoms with Gasteiger partial charge in [0.2, 0.25) is 0 Å². The first-order chi connectivity index (χ1) is 9.48. The Morgan fingerprint density at radius 3 is 2.60 bits per heavy atom. The molecule has 0 fully saturated rings. The molecule has 108 valence electrons. The van der Waals surface area contributed by atoms with Crippen molar-refractivity contribution in [1.29, 1.82) is 0 Å². The van der Waals surface area contributed by atoms with Gasteiger partial charge < -0.3 is 9.84 Å². The van der Waals surface area contributed by atoms with Gasteiger partial charge >= 0.3 is 0 Å². The Morgan fingerprint density at radius 2 is 2.00 bits per heavy atom. The smallest absolute Gasteiger partial charge is 0.176 e. The maximum absolute atomic E-state index is 9.97. The molecule has 0 aliphatic rings. The van der Waals surface area contributed by atoms with E-state index in [4.69, 9.17) is 4.74 Å². The molecule has 0 aliphatic heterocycles. The molecule has 2 heterocycles. The fraction of sp³-hybridized carbons (Fsp3) is 0.500. The van der Waals surface area contributed by atoms with Crippen molar-refractivity contribution in [3.05, 3.63) is 41.7 Å². The molecule has 0 unspecified atom stereocenters. The van der Waals surface area contributed by atoms with Gasteiger partial charge in [0.05, 0.1) is 12.1 Å². The number of pyridine rings is 1. The first kappa shape index (κ1) is 14.6. The monoisotopic (exact) mass is 276 g/mol. The van der Waals surface area contributed by atoms with Crippen LogP contribution >= 0.6 is 0 Å². The van der Waals surface area contributed by atoms with Gasteiger partial charge in [-0.05, 0) is 31.5 Å². The Hall–Kier alpha value is -1.79. The third-order valence-corrected chi connectivity index (χ3v) is 2.71. The van der Waals surface area contributed by atoms with E-state index < -0.39 is 5.60 Å². The third kappa shape index (κ3) is 4.11. The molecule has 0 atom stereocenters. The summed E-state index contributed by atoms with van der Waals surface area (Å²) in [6.07, 6.45) is 4.15. The van der Waals surface area contributed by atoms with Crippen LogP contribution in [-0.2, 0) is 24.3 Å². The van der Waals surface area contributed by atoms with Crippen LogP contribution in [0.5, 0.6) is 0 Å². The second-order valence-electron chi connectivity index (χ2n) is 5.38. The second kappa shape index (κ2) is 6.11. The molecule has 0 aromatic carbocycles. The maximum atomic E-state index is 9.97. The van der Waals surface area contributed by atoms with Crippen molar-refractivity contribution in [2.24, 2.45) is 0 Å². The summed E-state index contributed by atoms with van der Waals surface area (Å²) < 4.78 is 6.81. The van der Waals surface area contributed by atoms with Crippen LogP contribution in [0.1, 0.15) is 31.1 Å². The van der Waals surface area contributed by atoms with Gasteiger partial charge in [0.25, 0.3) is 0 Å². The summed E-state index contributed by atoms with van der Waals surface area (Å²) in [5, 5.41) is 14.4. The lowest BCUT2D eigenvalue weighted by atomic mass is 10.1. The molecule has 20 heavy (non-hydrogen) atoms. The lowest BCUT2D eigenvalue weighted by molar-refractivity contribution is 0.0564. The molecule has 0 radical (unpaired) electrons. The summed E-state index contributed by atoms with van der Waals surface area (Å²) in [7, 11) is 1.61. The minimum absolute atomic E-state index is 0.363. The minimum atomic E-state index is -0.842. The summed E-state index contributed by atoms with van der Waals surface area (Å²) in [5.74, 6) is 1.44. The number of aromatic nitrogens is 4. The first-order valence-corrected chi connectivity index (χ1v) is 6.51. The van der Waals surface area contributed by atoms with E-state index in [-0.39, 0.29) is 0 Å². The quantitative estimate of drug-likeness (QED) is 0.857. The molecule has 2 aromatic heterocycles. The van der Waals surface area contributed by atoms with Gasteiger partial charge in [-0.3, -0.25) is 4.98 Å². The van der Waals surface area contributed by atoms with E-state index in [1.807, 2.05) is 12.1 Å². The van der Waals surface area contributed by atoms with Crippen molar-refractivity contribution in [1.82, 2.24) is 19.7 Å². The van der Waals surface area contributed by atoms with Crippen molar-refractivity contribution in [3.8, 4) is 0 Å². The Labute approximate surface area is 118 Å². The highest BCUT2D eigenvalue weighted by molar-refractivity contribution is 5.15. The highest BCUT2D eigenvalue weighted by atomic mass is 16.5. The number of methoxy groups -OCH3 is 1. The van der Waals surface area contributed by atoms with Crippen LogP contribution in [0, 0.1) is 0 Å². The zero-order chi connectivity index (χ0) is 14.6. The minimum Gasteiger partial charge on any atom is -0.389 e. The molecule has 6 heteroatoms. The number of aliphatic hydroxyl groups is 1. The topological polar surface area (TPSA) is 73.1 Å². The van der Waals surface area contributed by atoms with E-state index in [1.165, 1.54) is 0 Å². The summed E-state index contributed by atoms with van der Waals surface area (Å²) >= 11 is 0. The normalized spacial score (nSPS) is 11.8. The van der Waals surface area contributed by atoms with Gasteiger partial charge in [-0.15, -0.1) is 0 Å². The van der Waals surface area contributed by atoms with Crippen LogP contribution in [0.4, 0.5) is 0 Å². The van der Waals surface area contributed by atoms with E-state index >= 15 is 0 Å². The molecule has 0 spiro atoms. The van der Waals surface area contributed by atoms with Gasteiger partial charge in [0.15, 0.2) is 5.82 Å². The van der Waals surface area contributed by atoms with Crippen molar-refractivity contribution in [2.45, 2.75) is 39.0 Å². The van der Waals surface area contributed by atoms with Crippen LogP contribution in [0.3, 0.4) is 0 Å². The van der Waals surface area contributed by atoms with Crippen LogP contribution in [0.25, 0.3) is 0 Å². The molecule has 1 N–H and O–H groups in total. The fourth-order valence-corrected chi connectivity index (χ4v) is 1.92. The zero-order valence-corrected chi connectivity index (χ0v) is 12.1. The number of ether oxygens (including phenoxy) is 1. The summed E-state index contributed by atoms with van der Waals surface area (Å²) in [4.78, 5) is 8.48. The largest absolute Gasteiger partial charge is 0.389 e. The van der Waals surface area contributed by atoms with Crippen molar-refractivity contribution in [2.75, 3.05) is 7.11 Å². The van der Waals surface area contributed by atoms with E-state index in [0.717, 1.165) is 11.4 Å². The number of hydrogen-bond donors (Lipinski definition) is 1. The molecular formula is C14H20N4O2. The number of hydrogen-bond acceptors (Lipinski definition) is 5. The van der Waals surface area contributed by atoms with Crippen LogP contribution in [-0.4, -0.2) is 37.6 Å². The van der Waals surface area contributed by atoms with Gasteiger partial charge in [-0.1, -0.05) is 0 Å². The van der Waals surface area contributed by atoms with Crippen molar-refractivity contribution >= 4 is 0 Å². The Morgan fingerprint density at radius 1 is 1.30 bits per heavy atom. The van der Waals surface area contributed by atoms with E-state index in [1.54, 1.807) is 38.0 Å². The molecule has 0 amide bonds. The lowest BCUT2D eigenvalue weighted by Crippen LogP contribution is -2.28. The van der Waals surface area contributed by atoms with Gasteiger partial charge in [0.1, 0.15) is 12.4 Å². The molecule has 2 aromatic rings. The van der Waals surface area contributed by atoms with Gasteiger partial charge in [-0.2, -0.15) is 5.10 Å². The van der Waals surface area contributed by atoms with E-state index in [2.05, 4.69) is 15.1 Å². The Balaban J connectivity index is 2.25. The molecule has 0 saturated heterocycles. The SMILES string of the molecule is COCc1nc(Cc2ccncc2)n(CC(C)(C)O)n1. The first-order valence-electron chi connectivity index (χ1n) is 6.51. The summed E-state index contributed by atoms with van der Waals surface area (Å²) in [5.41, 5.74) is 0.263. The summed E-state index contributed by atoms with van der Waals surface area (Å²) in [6, 6.07) is 3.89. The highest BCUT2D eigenvalue weighted by Gasteiger charge is 2.18. The number of rotatable bonds is 6. The molecule has 0 aliphatic carbocycles. The fourth-order valence-electron chi connectivity index (χ4n) is 1.92. The van der Waals surface area contributed by atoms with Crippen LogP contribution < -0.4 is 0 Å². The van der Waals surface area contributed by atoms with Gasteiger partial charge in [0, 0.05) is 25.9 Å². The van der Waals surface area contributed by atoms with Crippen LogP contribution in [0.15, 0.2) is 24.5 Å². The maximum Gasteiger partial charge on any atom is 0.176 e. The Bertz CT molecular complexity index is 546. The van der Waals surface area contributed by atoms with Crippen molar-refractivity contribution < 1.29 is 9.84 Å². The highest BCUT2D eigenvalue weighted by Crippen LogP contribution is 2.12. The predicted octanol–water partition coefficient (Wildman–Crippen LogP) is 1.18. The predicted molar refractivity (Wildman–Crippen MR) is 74.1 cm³/mol.